The maximum absolute atomic E-state index is 13.2. The number of thioether (sulfide) groups is 1. The topological polar surface area (TPSA) is 29.3 Å². The summed E-state index contributed by atoms with van der Waals surface area (Å²) in [7, 11) is 0. The van der Waals surface area contributed by atoms with Crippen LogP contribution in [0.3, 0.4) is 0 Å². The monoisotopic (exact) mass is 254 g/mol. The maximum Gasteiger partial charge on any atom is 0.123 e. The predicted octanol–water partition coefficient (Wildman–Crippen LogP) is 2.62. The zero-order valence-electron chi connectivity index (χ0n) is 10.2. The van der Waals surface area contributed by atoms with Crippen molar-refractivity contribution in [1.82, 2.24) is 0 Å². The van der Waals surface area contributed by atoms with Gasteiger partial charge in [0.05, 0.1) is 0 Å². The molecule has 94 valence electrons. The molecule has 1 aliphatic rings. The van der Waals surface area contributed by atoms with Crippen LogP contribution in [-0.4, -0.2) is 24.1 Å². The van der Waals surface area contributed by atoms with Crippen LogP contribution in [0.25, 0.3) is 0 Å². The molecule has 1 fully saturated rings. The molecule has 1 atom stereocenters. The second-order valence-corrected chi connectivity index (χ2v) is 5.73. The molecule has 1 unspecified atom stereocenters. The van der Waals surface area contributed by atoms with Crippen molar-refractivity contribution in [3.8, 4) is 0 Å². The minimum atomic E-state index is -0.201. The SMILES string of the molecule is CCC1CN(c2ccc(F)cc2CN)CCS1. The third-order valence-electron chi connectivity index (χ3n) is 3.20. The van der Waals surface area contributed by atoms with Crippen LogP contribution in [0.15, 0.2) is 18.2 Å². The molecule has 2 rings (SSSR count). The lowest BCUT2D eigenvalue weighted by Gasteiger charge is -2.34. The number of hydrogen-bond donors (Lipinski definition) is 1. The van der Waals surface area contributed by atoms with Crippen molar-refractivity contribution in [3.05, 3.63) is 29.6 Å². The Labute approximate surface area is 106 Å². The largest absolute Gasteiger partial charge is 0.369 e. The van der Waals surface area contributed by atoms with Crippen molar-refractivity contribution >= 4 is 17.4 Å². The van der Waals surface area contributed by atoms with Gasteiger partial charge in [-0.3, -0.25) is 0 Å². The second kappa shape index (κ2) is 5.74. The van der Waals surface area contributed by atoms with Crippen molar-refractivity contribution in [2.75, 3.05) is 23.7 Å². The zero-order valence-corrected chi connectivity index (χ0v) is 11.0. The molecule has 1 heterocycles. The van der Waals surface area contributed by atoms with Crippen LogP contribution in [0, 0.1) is 5.82 Å². The summed E-state index contributed by atoms with van der Waals surface area (Å²) in [6, 6.07) is 4.94. The van der Waals surface area contributed by atoms with Crippen LogP contribution < -0.4 is 10.6 Å². The summed E-state index contributed by atoms with van der Waals surface area (Å²) in [4.78, 5) is 2.34. The molecule has 2 nitrogen and oxygen atoms in total. The summed E-state index contributed by atoms with van der Waals surface area (Å²) in [6.07, 6.45) is 1.18. The first-order valence-corrected chi connectivity index (χ1v) is 7.14. The van der Waals surface area contributed by atoms with E-state index in [1.54, 1.807) is 6.07 Å². The van der Waals surface area contributed by atoms with E-state index in [1.165, 1.54) is 12.5 Å². The third-order valence-corrected chi connectivity index (χ3v) is 4.57. The Balaban J connectivity index is 2.20. The molecule has 17 heavy (non-hydrogen) atoms. The highest BCUT2D eigenvalue weighted by Crippen LogP contribution is 2.28. The molecule has 0 spiro atoms. The fraction of sp³-hybridized carbons (Fsp3) is 0.538. The minimum Gasteiger partial charge on any atom is -0.369 e. The number of anilines is 1. The average molecular weight is 254 g/mol. The molecule has 1 aromatic rings. The second-order valence-electron chi connectivity index (χ2n) is 4.32. The van der Waals surface area contributed by atoms with E-state index >= 15 is 0 Å². The van der Waals surface area contributed by atoms with Crippen LogP contribution in [0.2, 0.25) is 0 Å². The smallest absolute Gasteiger partial charge is 0.123 e. The van der Waals surface area contributed by atoms with Gasteiger partial charge in [-0.2, -0.15) is 11.8 Å². The first-order valence-electron chi connectivity index (χ1n) is 6.09. The van der Waals surface area contributed by atoms with E-state index in [0.717, 1.165) is 30.1 Å². The molecule has 0 saturated carbocycles. The van der Waals surface area contributed by atoms with Crippen molar-refractivity contribution in [1.29, 1.82) is 0 Å². The van der Waals surface area contributed by atoms with Crippen LogP contribution in [0.4, 0.5) is 10.1 Å². The van der Waals surface area contributed by atoms with Gasteiger partial charge in [0.15, 0.2) is 0 Å². The first-order chi connectivity index (χ1) is 8.24. The Kier molecular flexibility index (Phi) is 4.29. The standard InChI is InChI=1S/C13H19FN2S/c1-2-12-9-16(5-6-17-12)13-4-3-11(14)7-10(13)8-15/h3-4,7,12H,2,5-6,8-9,15H2,1H3. The van der Waals surface area contributed by atoms with Gasteiger partial charge in [-0.1, -0.05) is 6.92 Å². The van der Waals surface area contributed by atoms with Gasteiger partial charge in [0.1, 0.15) is 5.82 Å². The zero-order chi connectivity index (χ0) is 12.3. The Morgan fingerprint density at radius 1 is 1.53 bits per heavy atom. The normalized spacial score (nSPS) is 20.6. The molecule has 0 aromatic heterocycles. The molecule has 0 bridgehead atoms. The Morgan fingerprint density at radius 2 is 2.35 bits per heavy atom. The molecule has 0 radical (unpaired) electrons. The van der Waals surface area contributed by atoms with Crippen molar-refractivity contribution in [2.45, 2.75) is 25.1 Å². The Hall–Kier alpha value is -0.740. The highest BCUT2D eigenvalue weighted by molar-refractivity contribution is 8.00. The van der Waals surface area contributed by atoms with Crippen molar-refractivity contribution < 1.29 is 4.39 Å². The van der Waals surface area contributed by atoms with Crippen molar-refractivity contribution in [2.24, 2.45) is 5.73 Å². The summed E-state index contributed by atoms with van der Waals surface area (Å²) in [5, 5.41) is 0.680. The number of benzene rings is 1. The number of hydrogen-bond acceptors (Lipinski definition) is 3. The Bertz CT molecular complexity index is 384. The fourth-order valence-electron chi connectivity index (χ4n) is 2.21. The summed E-state index contributed by atoms with van der Waals surface area (Å²) >= 11 is 2.03. The van der Waals surface area contributed by atoms with E-state index in [4.69, 9.17) is 5.73 Å². The highest BCUT2D eigenvalue weighted by atomic mass is 32.2. The molecule has 1 aliphatic heterocycles. The average Bonchev–Trinajstić information content (AvgIpc) is 2.38. The van der Waals surface area contributed by atoms with E-state index in [-0.39, 0.29) is 5.82 Å². The molecule has 1 aromatic carbocycles. The van der Waals surface area contributed by atoms with Gasteiger partial charge in [-0.25, -0.2) is 4.39 Å². The van der Waals surface area contributed by atoms with E-state index in [0.29, 0.717) is 11.8 Å². The quantitative estimate of drug-likeness (QED) is 0.899. The van der Waals surface area contributed by atoms with Crippen LogP contribution in [0.1, 0.15) is 18.9 Å². The van der Waals surface area contributed by atoms with Gasteiger partial charge < -0.3 is 10.6 Å². The molecule has 4 heteroatoms. The lowest BCUT2D eigenvalue weighted by molar-refractivity contribution is 0.624. The van der Waals surface area contributed by atoms with Crippen LogP contribution >= 0.6 is 11.8 Å². The third kappa shape index (κ3) is 2.93. The molecule has 2 N–H and O–H groups in total. The highest BCUT2D eigenvalue weighted by Gasteiger charge is 2.20. The van der Waals surface area contributed by atoms with Gasteiger partial charge in [0.2, 0.25) is 0 Å². The van der Waals surface area contributed by atoms with Gasteiger partial charge in [0, 0.05) is 36.3 Å². The molecule has 0 amide bonds. The van der Waals surface area contributed by atoms with Gasteiger partial charge in [-0.15, -0.1) is 0 Å². The molecule has 1 saturated heterocycles. The lowest BCUT2D eigenvalue weighted by atomic mass is 10.1. The minimum absolute atomic E-state index is 0.201. The van der Waals surface area contributed by atoms with E-state index in [2.05, 4.69) is 11.8 Å². The number of rotatable bonds is 3. The van der Waals surface area contributed by atoms with E-state index in [1.807, 2.05) is 17.8 Å². The molecular formula is C13H19FN2S. The molecular weight excluding hydrogens is 235 g/mol. The predicted molar refractivity (Wildman–Crippen MR) is 73.0 cm³/mol. The Morgan fingerprint density at radius 3 is 3.06 bits per heavy atom. The lowest BCUT2D eigenvalue weighted by Crippen LogP contribution is -2.38. The maximum atomic E-state index is 13.2. The van der Waals surface area contributed by atoms with Gasteiger partial charge >= 0.3 is 0 Å². The summed E-state index contributed by atoms with van der Waals surface area (Å²) in [5.74, 6) is 0.938. The van der Waals surface area contributed by atoms with Crippen LogP contribution in [-0.2, 0) is 6.54 Å². The summed E-state index contributed by atoms with van der Waals surface area (Å²) < 4.78 is 13.2. The van der Waals surface area contributed by atoms with E-state index in [9.17, 15) is 4.39 Å². The van der Waals surface area contributed by atoms with Crippen LogP contribution in [0.5, 0.6) is 0 Å². The number of halogens is 1. The van der Waals surface area contributed by atoms with Gasteiger partial charge in [0.25, 0.3) is 0 Å². The first kappa shape index (κ1) is 12.7. The summed E-state index contributed by atoms with van der Waals surface area (Å²) in [5.41, 5.74) is 7.71. The number of nitrogens with two attached hydrogens (primary N) is 1. The van der Waals surface area contributed by atoms with Gasteiger partial charge in [-0.05, 0) is 30.2 Å². The van der Waals surface area contributed by atoms with E-state index < -0.39 is 0 Å². The summed E-state index contributed by atoms with van der Waals surface area (Å²) in [6.45, 7) is 4.68. The fourth-order valence-corrected chi connectivity index (χ4v) is 3.39. The van der Waals surface area contributed by atoms with Crippen molar-refractivity contribution in [3.63, 3.8) is 0 Å². The molecule has 0 aliphatic carbocycles. The number of nitrogens with zero attached hydrogens (tertiary/aromatic N) is 1.